The highest BCUT2D eigenvalue weighted by atomic mass is 32.2. The largest absolute Gasteiger partial charge is 0.497 e. The average molecular weight is 807 g/mol. The lowest BCUT2D eigenvalue weighted by Crippen LogP contribution is -2.60. The van der Waals surface area contributed by atoms with Crippen LogP contribution in [-0.4, -0.2) is 115 Å². The molecule has 6 aliphatic rings. The normalized spacial score (nSPS) is 29.8. The van der Waals surface area contributed by atoms with E-state index in [0.29, 0.717) is 62.5 Å². The van der Waals surface area contributed by atoms with Gasteiger partial charge in [0.05, 0.1) is 30.5 Å². The lowest BCUT2D eigenvalue weighted by molar-refractivity contribution is -0.142. The molecule has 3 aliphatic carbocycles. The molecular weight excluding hydrogens is 753 g/mol. The molecule has 1 aromatic carbocycles. The van der Waals surface area contributed by atoms with Gasteiger partial charge in [0.2, 0.25) is 27.7 Å². The summed E-state index contributed by atoms with van der Waals surface area (Å²) < 4.78 is 46.2. The lowest BCUT2D eigenvalue weighted by atomic mass is 9.96. The molecule has 5 amide bonds. The van der Waals surface area contributed by atoms with E-state index in [1.54, 1.807) is 12.0 Å². The fraction of sp³-hybridized carbons (Fsp3) is 0.634. The Morgan fingerprint density at radius 1 is 1.05 bits per heavy atom. The Morgan fingerprint density at radius 2 is 1.86 bits per heavy atom. The van der Waals surface area contributed by atoms with Crippen LogP contribution >= 0.6 is 0 Å². The van der Waals surface area contributed by atoms with E-state index in [9.17, 15) is 27.6 Å². The number of rotatable bonds is 8. The van der Waals surface area contributed by atoms with E-state index in [2.05, 4.69) is 15.4 Å². The van der Waals surface area contributed by atoms with Crippen LogP contribution in [0.2, 0.25) is 0 Å². The minimum absolute atomic E-state index is 0.0308. The van der Waals surface area contributed by atoms with Crippen LogP contribution in [0, 0.1) is 11.8 Å². The van der Waals surface area contributed by atoms with Crippen molar-refractivity contribution in [3.05, 3.63) is 35.9 Å². The highest BCUT2D eigenvalue weighted by molar-refractivity contribution is 7.91. The maximum Gasteiger partial charge on any atom is 0.318 e. The van der Waals surface area contributed by atoms with Crippen molar-refractivity contribution in [1.82, 2.24) is 30.1 Å². The molecule has 4 bridgehead atoms. The molecule has 6 atom stereocenters. The molecule has 3 N–H and O–H groups in total. The summed E-state index contributed by atoms with van der Waals surface area (Å²) in [5.74, 6) is -1.14. The van der Waals surface area contributed by atoms with Gasteiger partial charge < -0.3 is 34.6 Å². The van der Waals surface area contributed by atoms with Gasteiger partial charge in [0.1, 0.15) is 29.5 Å². The highest BCUT2D eigenvalue weighted by Crippen LogP contribution is 2.47. The first-order valence-electron chi connectivity index (χ1n) is 20.7. The first kappa shape index (κ1) is 39.4. The summed E-state index contributed by atoms with van der Waals surface area (Å²) in [5.41, 5.74) is -0.0383. The van der Waals surface area contributed by atoms with E-state index in [1.807, 2.05) is 43.3 Å². The number of amides is 5. The van der Waals surface area contributed by atoms with E-state index in [4.69, 9.17) is 19.2 Å². The number of carbonyl (C=O) groups excluding carboxylic acids is 4. The van der Waals surface area contributed by atoms with Gasteiger partial charge in [0.15, 0.2) is 0 Å². The van der Waals surface area contributed by atoms with Crippen molar-refractivity contribution in [3.8, 4) is 11.6 Å². The monoisotopic (exact) mass is 806 g/mol. The maximum absolute atomic E-state index is 14.9. The fourth-order valence-electron chi connectivity index (χ4n) is 9.10. The fourth-order valence-corrected chi connectivity index (χ4v) is 10.5. The molecule has 0 unspecified atom stereocenters. The van der Waals surface area contributed by atoms with Crippen molar-refractivity contribution in [2.24, 2.45) is 11.8 Å². The van der Waals surface area contributed by atoms with Gasteiger partial charge in [-0.25, -0.2) is 18.2 Å². The van der Waals surface area contributed by atoms with Crippen LogP contribution < -0.4 is 24.8 Å². The number of sulfonamides is 1. The summed E-state index contributed by atoms with van der Waals surface area (Å²) in [6, 6.07) is 5.32. The zero-order chi connectivity index (χ0) is 39.9. The van der Waals surface area contributed by atoms with Gasteiger partial charge in [-0.3, -0.25) is 19.1 Å². The summed E-state index contributed by atoms with van der Waals surface area (Å²) in [6.07, 6.45) is 10.7. The zero-order valence-corrected chi connectivity index (χ0v) is 33.6. The minimum atomic E-state index is -3.86. The van der Waals surface area contributed by atoms with E-state index < -0.39 is 50.8 Å². The van der Waals surface area contributed by atoms with Crippen LogP contribution in [0.3, 0.4) is 0 Å². The van der Waals surface area contributed by atoms with Crippen molar-refractivity contribution in [1.29, 1.82) is 0 Å². The predicted molar refractivity (Wildman–Crippen MR) is 211 cm³/mol. The van der Waals surface area contributed by atoms with Crippen molar-refractivity contribution in [2.45, 2.75) is 119 Å². The molecule has 5 fully saturated rings. The Balaban J connectivity index is 1.13. The van der Waals surface area contributed by atoms with E-state index in [0.717, 1.165) is 49.5 Å². The molecule has 0 radical (unpaired) electrons. The van der Waals surface area contributed by atoms with Gasteiger partial charge in [-0.15, -0.1) is 0 Å². The van der Waals surface area contributed by atoms with Crippen LogP contribution in [0.5, 0.6) is 11.6 Å². The molecule has 2 aromatic rings. The number of methoxy groups -OCH3 is 1. The predicted octanol–water partition coefficient (Wildman–Crippen LogP) is 3.65. The lowest BCUT2D eigenvalue weighted by Gasteiger charge is -2.33. The van der Waals surface area contributed by atoms with Crippen molar-refractivity contribution in [3.63, 3.8) is 0 Å². The maximum atomic E-state index is 14.9. The molecule has 8 rings (SSSR count). The number of pyridine rings is 1. The molecule has 1 aromatic heterocycles. The molecule has 2 saturated heterocycles. The van der Waals surface area contributed by atoms with E-state index in [-0.39, 0.29) is 49.3 Å². The number of urea groups is 1. The Labute approximate surface area is 333 Å². The van der Waals surface area contributed by atoms with Gasteiger partial charge in [-0.1, -0.05) is 38.3 Å². The third-order valence-electron chi connectivity index (χ3n) is 12.7. The Morgan fingerprint density at radius 3 is 2.60 bits per heavy atom. The summed E-state index contributed by atoms with van der Waals surface area (Å²) in [4.78, 5) is 65.0. The third kappa shape index (κ3) is 8.30. The Hall–Kier alpha value is -4.44. The van der Waals surface area contributed by atoms with Crippen molar-refractivity contribution >= 4 is 50.8 Å². The summed E-state index contributed by atoms with van der Waals surface area (Å²) in [5, 5.41) is 6.29. The topological polar surface area (TPSA) is 186 Å². The number of benzene rings is 1. The molecule has 3 aliphatic heterocycles. The van der Waals surface area contributed by atoms with Crippen LogP contribution in [0.25, 0.3) is 17.0 Å². The number of allylic oxidation sites excluding steroid dienone is 1. The first-order valence-corrected chi connectivity index (χ1v) is 22.2. The molecule has 3 saturated carbocycles. The second-order valence-electron chi connectivity index (χ2n) is 16.6. The van der Waals surface area contributed by atoms with Crippen molar-refractivity contribution in [2.75, 3.05) is 33.4 Å². The number of ether oxygens (including phenoxy) is 3. The number of hydrogen-bond acceptors (Lipinski definition) is 10. The van der Waals surface area contributed by atoms with Crippen molar-refractivity contribution < 1.29 is 41.8 Å². The Bertz CT molecular complexity index is 2030. The van der Waals surface area contributed by atoms with Gasteiger partial charge in [0.25, 0.3) is 5.91 Å². The third-order valence-corrected chi connectivity index (χ3v) is 14.5. The number of nitrogens with zero attached hydrogens (tertiary/aromatic N) is 3. The summed E-state index contributed by atoms with van der Waals surface area (Å²) in [7, 11) is -2.28. The van der Waals surface area contributed by atoms with Crippen LogP contribution in [0.15, 0.2) is 30.3 Å². The smallest absolute Gasteiger partial charge is 0.318 e. The molecule has 16 heteroatoms. The number of hydrogen-bond donors (Lipinski definition) is 3. The molecule has 4 heterocycles. The standard InChI is InChI=1S/C41H54N6O9S/c1-3-28-22-41(28,39(50)45-57(52,53)32-14-15-32)44-36(48)34-21-31-24-47(34)38(49)35(25-9-6-7-10-25)43-40(51)46-17-16-30(23-46)55-18-8-4-5-11-27-19-26-12-13-29(54-2)20-33(26)42-37(27)56-31/h5,11-13,19-20,25,28,30-32,34-35H,3-4,6-10,14-18,21-24H2,1-2H3,(H,43,51)(H,44,48)(H,45,50)/t28-,30+,31-,34+,35+,41-/m1/s1. The van der Waals surface area contributed by atoms with Crippen LogP contribution in [0.1, 0.15) is 89.5 Å². The molecular formula is C41H54N6O9S. The minimum Gasteiger partial charge on any atom is -0.497 e. The average Bonchev–Trinajstić information content (AvgIpc) is 3.97. The van der Waals surface area contributed by atoms with E-state index in [1.165, 1.54) is 4.90 Å². The number of fused-ring (bicyclic) bond motifs is 6. The quantitative estimate of drug-likeness (QED) is 0.356. The second-order valence-corrected chi connectivity index (χ2v) is 18.6. The van der Waals surface area contributed by atoms with Gasteiger partial charge in [-0.2, -0.15) is 0 Å². The number of aromatic nitrogens is 1. The summed E-state index contributed by atoms with van der Waals surface area (Å²) in [6.45, 7) is 3.40. The van der Waals surface area contributed by atoms with E-state index >= 15 is 0 Å². The molecule has 15 nitrogen and oxygen atoms in total. The number of carbonyl (C=O) groups is 4. The van der Waals surface area contributed by atoms with Gasteiger partial charge in [0, 0.05) is 43.1 Å². The van der Waals surface area contributed by atoms with Gasteiger partial charge in [-0.05, 0) is 81.4 Å². The Kier molecular flexibility index (Phi) is 11.1. The number of nitrogens with one attached hydrogen (secondary N) is 3. The second kappa shape index (κ2) is 16.1. The molecule has 0 spiro atoms. The summed E-state index contributed by atoms with van der Waals surface area (Å²) >= 11 is 0. The van der Waals surface area contributed by atoms with Gasteiger partial charge >= 0.3 is 6.03 Å². The first-order chi connectivity index (χ1) is 27.5. The van der Waals surface area contributed by atoms with Crippen LogP contribution in [-0.2, 0) is 29.1 Å². The zero-order valence-electron chi connectivity index (χ0n) is 32.7. The highest BCUT2D eigenvalue weighted by Gasteiger charge is 2.62. The molecule has 308 valence electrons. The SMILES string of the molecule is CC[C@@H]1C[C@]1(NC(=O)[C@@H]1C[C@@H]2CN1C(=O)[C@H](C1CCCC1)NC(=O)N1CC[C@@H](C1)OCCCC=Cc1cc3ccc(OC)cc3nc1O2)C(=O)NS(=O)(=O)C1CC1. The molecule has 57 heavy (non-hydrogen) atoms. The van der Waals surface area contributed by atoms with Crippen LogP contribution in [0.4, 0.5) is 4.79 Å².